The van der Waals surface area contributed by atoms with E-state index in [-0.39, 0.29) is 6.04 Å². The molecule has 5 heteroatoms. The Morgan fingerprint density at radius 2 is 2.27 bits per heavy atom. The lowest BCUT2D eigenvalue weighted by Gasteiger charge is -2.13. The number of nitrogens with two attached hydrogens (primary N) is 1. The first-order chi connectivity index (χ1) is 7.31. The molecule has 2 aromatic heterocycles. The lowest BCUT2D eigenvalue weighted by Crippen LogP contribution is -2.29. The zero-order chi connectivity index (χ0) is 10.7. The van der Waals surface area contributed by atoms with E-state index in [2.05, 4.69) is 49.6 Å². The molecule has 0 radical (unpaired) electrons. The molecule has 2 heterocycles. The standard InChI is InChI=1S/C10H11BrN2S2/c11-8-2-4-15-10(8)5-9(13-12)7-1-3-14-6-7/h1-4,6,9,13H,5,12H2. The second-order valence-electron chi connectivity index (χ2n) is 3.17. The van der Waals surface area contributed by atoms with E-state index < -0.39 is 0 Å². The molecule has 0 aliphatic rings. The minimum atomic E-state index is 0.200. The highest BCUT2D eigenvalue weighted by Crippen LogP contribution is 2.28. The Labute approximate surface area is 105 Å². The number of rotatable bonds is 4. The molecule has 2 aromatic rings. The van der Waals surface area contributed by atoms with Gasteiger partial charge in [-0.25, -0.2) is 0 Å². The first-order valence-corrected chi connectivity index (χ1v) is 7.13. The highest BCUT2D eigenvalue weighted by molar-refractivity contribution is 9.10. The van der Waals surface area contributed by atoms with Gasteiger partial charge in [-0.1, -0.05) is 0 Å². The van der Waals surface area contributed by atoms with Crippen LogP contribution < -0.4 is 11.3 Å². The summed E-state index contributed by atoms with van der Waals surface area (Å²) >= 11 is 6.98. The van der Waals surface area contributed by atoms with Crippen LogP contribution in [0.25, 0.3) is 0 Å². The molecule has 1 unspecified atom stereocenters. The van der Waals surface area contributed by atoms with Crippen molar-refractivity contribution in [3.8, 4) is 0 Å². The summed E-state index contributed by atoms with van der Waals surface area (Å²) in [6, 6.07) is 4.38. The van der Waals surface area contributed by atoms with E-state index >= 15 is 0 Å². The molecule has 1 atom stereocenters. The normalized spacial score (nSPS) is 12.9. The number of nitrogens with one attached hydrogen (secondary N) is 1. The molecule has 0 bridgehead atoms. The first kappa shape index (κ1) is 11.3. The smallest absolute Gasteiger partial charge is 0.0516 e. The quantitative estimate of drug-likeness (QED) is 0.672. The molecule has 15 heavy (non-hydrogen) atoms. The number of hydrogen-bond donors (Lipinski definition) is 2. The van der Waals surface area contributed by atoms with Gasteiger partial charge in [0.1, 0.15) is 0 Å². The minimum absolute atomic E-state index is 0.200. The minimum Gasteiger partial charge on any atom is -0.271 e. The van der Waals surface area contributed by atoms with Crippen molar-refractivity contribution in [2.24, 2.45) is 5.84 Å². The Hall–Kier alpha value is -0.200. The van der Waals surface area contributed by atoms with Gasteiger partial charge >= 0.3 is 0 Å². The molecule has 2 nitrogen and oxygen atoms in total. The molecule has 0 fully saturated rings. The summed E-state index contributed by atoms with van der Waals surface area (Å²) in [6.07, 6.45) is 0.922. The van der Waals surface area contributed by atoms with Gasteiger partial charge in [-0.3, -0.25) is 11.3 Å². The van der Waals surface area contributed by atoms with Crippen LogP contribution in [0, 0.1) is 0 Å². The molecular weight excluding hydrogens is 292 g/mol. The third-order valence-corrected chi connectivity index (χ3v) is 4.88. The van der Waals surface area contributed by atoms with Crippen molar-refractivity contribution < 1.29 is 0 Å². The Balaban J connectivity index is 2.13. The van der Waals surface area contributed by atoms with Crippen LogP contribution in [0.3, 0.4) is 0 Å². The fourth-order valence-corrected chi connectivity index (χ4v) is 3.68. The number of hydrogen-bond acceptors (Lipinski definition) is 4. The van der Waals surface area contributed by atoms with Crippen LogP contribution >= 0.6 is 38.6 Å². The van der Waals surface area contributed by atoms with Gasteiger partial charge in [0.15, 0.2) is 0 Å². The van der Waals surface area contributed by atoms with E-state index in [1.165, 1.54) is 14.9 Å². The van der Waals surface area contributed by atoms with E-state index in [1.54, 1.807) is 22.7 Å². The van der Waals surface area contributed by atoms with Crippen molar-refractivity contribution in [3.05, 3.63) is 43.2 Å². The molecule has 0 aliphatic carbocycles. The maximum atomic E-state index is 5.57. The monoisotopic (exact) mass is 302 g/mol. The lowest BCUT2D eigenvalue weighted by atomic mass is 10.1. The zero-order valence-corrected chi connectivity index (χ0v) is 11.2. The largest absolute Gasteiger partial charge is 0.271 e. The molecule has 0 saturated carbocycles. The Kier molecular flexibility index (Phi) is 3.93. The Morgan fingerprint density at radius 3 is 2.80 bits per heavy atom. The fourth-order valence-electron chi connectivity index (χ4n) is 1.40. The van der Waals surface area contributed by atoms with Gasteiger partial charge in [0.25, 0.3) is 0 Å². The summed E-state index contributed by atoms with van der Waals surface area (Å²) in [5, 5.41) is 6.29. The Bertz CT molecular complexity index is 411. The van der Waals surface area contributed by atoms with Gasteiger partial charge in [0.2, 0.25) is 0 Å². The maximum absolute atomic E-state index is 5.57. The second-order valence-corrected chi connectivity index (χ2v) is 5.81. The van der Waals surface area contributed by atoms with Crippen molar-refractivity contribution in [2.75, 3.05) is 0 Å². The fraction of sp³-hybridized carbons (Fsp3) is 0.200. The van der Waals surface area contributed by atoms with Crippen molar-refractivity contribution >= 4 is 38.6 Å². The summed E-state index contributed by atoms with van der Waals surface area (Å²) < 4.78 is 1.17. The number of thiophene rings is 2. The highest BCUT2D eigenvalue weighted by atomic mass is 79.9. The summed E-state index contributed by atoms with van der Waals surface area (Å²) in [5.41, 5.74) is 4.12. The average molecular weight is 303 g/mol. The van der Waals surface area contributed by atoms with Crippen LogP contribution in [0.5, 0.6) is 0 Å². The molecule has 3 N–H and O–H groups in total. The van der Waals surface area contributed by atoms with Crippen molar-refractivity contribution in [2.45, 2.75) is 12.5 Å². The van der Waals surface area contributed by atoms with Gasteiger partial charge in [-0.15, -0.1) is 11.3 Å². The van der Waals surface area contributed by atoms with Crippen LogP contribution in [0.2, 0.25) is 0 Å². The van der Waals surface area contributed by atoms with Gasteiger partial charge < -0.3 is 0 Å². The van der Waals surface area contributed by atoms with E-state index in [9.17, 15) is 0 Å². The van der Waals surface area contributed by atoms with Crippen molar-refractivity contribution in [1.82, 2.24) is 5.43 Å². The summed E-state index contributed by atoms with van der Waals surface area (Å²) in [5.74, 6) is 5.57. The summed E-state index contributed by atoms with van der Waals surface area (Å²) in [7, 11) is 0. The van der Waals surface area contributed by atoms with Crippen LogP contribution in [-0.2, 0) is 6.42 Å². The topological polar surface area (TPSA) is 38.0 Å². The predicted octanol–water partition coefficient (Wildman–Crippen LogP) is 3.32. The molecular formula is C10H11BrN2S2. The van der Waals surface area contributed by atoms with Crippen molar-refractivity contribution in [1.29, 1.82) is 0 Å². The molecule has 2 rings (SSSR count). The van der Waals surface area contributed by atoms with E-state index in [1.807, 2.05) is 0 Å². The third kappa shape index (κ3) is 2.68. The highest BCUT2D eigenvalue weighted by Gasteiger charge is 2.13. The zero-order valence-electron chi connectivity index (χ0n) is 7.94. The molecule has 80 valence electrons. The lowest BCUT2D eigenvalue weighted by molar-refractivity contribution is 0.556. The maximum Gasteiger partial charge on any atom is 0.0516 e. The van der Waals surface area contributed by atoms with E-state index in [0.29, 0.717) is 0 Å². The summed E-state index contributed by atoms with van der Waals surface area (Å²) in [6.45, 7) is 0. The second kappa shape index (κ2) is 5.23. The van der Waals surface area contributed by atoms with Crippen LogP contribution in [-0.4, -0.2) is 0 Å². The first-order valence-electron chi connectivity index (χ1n) is 4.51. The molecule has 0 aliphatic heterocycles. The number of hydrazine groups is 1. The van der Waals surface area contributed by atoms with Gasteiger partial charge in [0, 0.05) is 15.8 Å². The van der Waals surface area contributed by atoms with Crippen LogP contribution in [0.4, 0.5) is 0 Å². The SMILES string of the molecule is NNC(Cc1sccc1Br)c1ccsc1. The van der Waals surface area contributed by atoms with E-state index in [4.69, 9.17) is 5.84 Å². The Morgan fingerprint density at radius 1 is 1.40 bits per heavy atom. The molecule has 0 aromatic carbocycles. The number of halogens is 1. The van der Waals surface area contributed by atoms with Gasteiger partial charge in [-0.2, -0.15) is 11.3 Å². The van der Waals surface area contributed by atoms with Crippen LogP contribution in [0.15, 0.2) is 32.7 Å². The average Bonchev–Trinajstić information content (AvgIpc) is 2.86. The van der Waals surface area contributed by atoms with Gasteiger partial charge in [0.05, 0.1) is 6.04 Å². The predicted molar refractivity (Wildman–Crippen MR) is 70.1 cm³/mol. The molecule has 0 saturated heterocycles. The van der Waals surface area contributed by atoms with E-state index in [0.717, 1.165) is 6.42 Å². The molecule has 0 amide bonds. The molecule has 0 spiro atoms. The van der Waals surface area contributed by atoms with Crippen molar-refractivity contribution in [3.63, 3.8) is 0 Å². The van der Waals surface area contributed by atoms with Crippen LogP contribution in [0.1, 0.15) is 16.5 Å². The summed E-state index contributed by atoms with van der Waals surface area (Å²) in [4.78, 5) is 1.32. The third-order valence-electron chi connectivity index (χ3n) is 2.23. The van der Waals surface area contributed by atoms with Gasteiger partial charge in [-0.05, 0) is 49.8 Å².